The highest BCUT2D eigenvalue weighted by molar-refractivity contribution is 7.80. The number of rotatable bonds is 4. The molecule has 2 aromatic rings. The standard InChI is InChI=1S/C21H26FN3S/c1-13-19(20(22)24(3)23-13)21(26)25(16-11-12-16)14(2)17-10-6-8-15-7-4-5-9-18(15)17/h4-5,7,9,14,16-17H,6,8,10-12H2,1-3H3. The lowest BCUT2D eigenvalue weighted by molar-refractivity contribution is 0.267. The first-order valence-electron chi connectivity index (χ1n) is 9.58. The van der Waals surface area contributed by atoms with Gasteiger partial charge in [-0.3, -0.25) is 0 Å². The zero-order chi connectivity index (χ0) is 18.4. The van der Waals surface area contributed by atoms with Crippen molar-refractivity contribution in [3.63, 3.8) is 0 Å². The molecule has 26 heavy (non-hydrogen) atoms. The summed E-state index contributed by atoms with van der Waals surface area (Å²) in [4.78, 5) is 2.95. The van der Waals surface area contributed by atoms with Crippen LogP contribution in [-0.4, -0.2) is 31.8 Å². The molecular formula is C21H26FN3S. The van der Waals surface area contributed by atoms with Gasteiger partial charge in [0.1, 0.15) is 4.99 Å². The van der Waals surface area contributed by atoms with Crippen molar-refractivity contribution in [2.45, 2.75) is 64.0 Å². The molecule has 0 bridgehead atoms. The lowest BCUT2D eigenvalue weighted by Gasteiger charge is -2.39. The zero-order valence-electron chi connectivity index (χ0n) is 15.7. The van der Waals surface area contributed by atoms with Crippen LogP contribution in [-0.2, 0) is 13.5 Å². The number of aryl methyl sites for hydroxylation is 3. The lowest BCUT2D eigenvalue weighted by atomic mass is 9.78. The Kier molecular flexibility index (Phi) is 4.59. The number of benzene rings is 1. The van der Waals surface area contributed by atoms with Crippen molar-refractivity contribution in [2.75, 3.05) is 0 Å². The number of nitrogens with zero attached hydrogens (tertiary/aromatic N) is 3. The first-order chi connectivity index (χ1) is 12.5. The summed E-state index contributed by atoms with van der Waals surface area (Å²) in [6, 6.07) is 9.47. The molecule has 1 heterocycles. The van der Waals surface area contributed by atoms with E-state index < -0.39 is 0 Å². The zero-order valence-corrected chi connectivity index (χ0v) is 16.5. The van der Waals surface area contributed by atoms with Crippen molar-refractivity contribution in [1.82, 2.24) is 14.7 Å². The van der Waals surface area contributed by atoms with Gasteiger partial charge in [0.2, 0.25) is 5.95 Å². The first kappa shape index (κ1) is 17.7. The Hall–Kier alpha value is -1.75. The summed E-state index contributed by atoms with van der Waals surface area (Å²) < 4.78 is 15.9. The topological polar surface area (TPSA) is 21.1 Å². The summed E-state index contributed by atoms with van der Waals surface area (Å²) >= 11 is 5.82. The Balaban J connectivity index is 1.68. The largest absolute Gasteiger partial charge is 0.356 e. The molecule has 0 radical (unpaired) electrons. The number of aromatic nitrogens is 2. The van der Waals surface area contributed by atoms with Crippen molar-refractivity contribution in [3.8, 4) is 0 Å². The number of hydrogen-bond acceptors (Lipinski definition) is 2. The van der Waals surface area contributed by atoms with Gasteiger partial charge in [-0.15, -0.1) is 0 Å². The molecule has 1 fully saturated rings. The Bertz CT molecular complexity index is 840. The molecule has 2 aliphatic rings. The van der Waals surface area contributed by atoms with Crippen molar-refractivity contribution in [1.29, 1.82) is 0 Å². The van der Waals surface area contributed by atoms with Crippen LogP contribution in [0.1, 0.15) is 60.9 Å². The second kappa shape index (κ2) is 6.76. The minimum atomic E-state index is -0.325. The van der Waals surface area contributed by atoms with Crippen molar-refractivity contribution >= 4 is 17.2 Å². The molecule has 0 saturated heterocycles. The average molecular weight is 372 g/mol. The number of thiocarbonyl (C=S) groups is 1. The molecule has 3 nitrogen and oxygen atoms in total. The van der Waals surface area contributed by atoms with E-state index in [0.717, 1.165) is 19.3 Å². The van der Waals surface area contributed by atoms with Gasteiger partial charge in [-0.2, -0.15) is 9.49 Å². The highest BCUT2D eigenvalue weighted by Gasteiger charge is 2.40. The number of halogens is 1. The third-order valence-electron chi connectivity index (χ3n) is 5.98. The summed E-state index contributed by atoms with van der Waals surface area (Å²) in [5.41, 5.74) is 4.09. The fourth-order valence-corrected chi connectivity index (χ4v) is 5.07. The van der Waals surface area contributed by atoms with Crippen LogP contribution >= 0.6 is 12.2 Å². The maximum atomic E-state index is 14.6. The predicted octanol–water partition coefficient (Wildman–Crippen LogP) is 4.52. The van der Waals surface area contributed by atoms with Gasteiger partial charge in [-0.1, -0.05) is 36.5 Å². The molecule has 2 atom stereocenters. The number of hydrogen-bond donors (Lipinski definition) is 0. The minimum absolute atomic E-state index is 0.260. The minimum Gasteiger partial charge on any atom is -0.356 e. The highest BCUT2D eigenvalue weighted by Crippen LogP contribution is 2.40. The second-order valence-corrected chi connectivity index (χ2v) is 8.14. The van der Waals surface area contributed by atoms with Crippen LogP contribution in [0.5, 0.6) is 0 Å². The number of fused-ring (bicyclic) bond motifs is 1. The van der Waals surface area contributed by atoms with E-state index in [2.05, 4.69) is 41.2 Å². The SMILES string of the molecule is Cc1nn(C)c(F)c1C(=S)N(C1CC1)C(C)C1CCCc2ccccc21. The van der Waals surface area contributed by atoms with Gasteiger partial charge in [0.05, 0.1) is 11.3 Å². The van der Waals surface area contributed by atoms with Gasteiger partial charge in [-0.25, -0.2) is 4.68 Å². The molecule has 2 aliphatic carbocycles. The second-order valence-electron chi connectivity index (χ2n) is 7.76. The quantitative estimate of drug-likeness (QED) is 0.738. The fraction of sp³-hybridized carbons (Fsp3) is 0.524. The molecule has 0 aliphatic heterocycles. The molecule has 5 heteroatoms. The van der Waals surface area contributed by atoms with E-state index in [1.54, 1.807) is 7.05 Å². The van der Waals surface area contributed by atoms with Crippen molar-refractivity contribution < 1.29 is 4.39 Å². The fourth-order valence-electron chi connectivity index (χ4n) is 4.52. The average Bonchev–Trinajstić information content (AvgIpc) is 3.42. The van der Waals surface area contributed by atoms with Crippen LogP contribution in [0.3, 0.4) is 0 Å². The summed E-state index contributed by atoms with van der Waals surface area (Å²) in [5, 5.41) is 4.23. The van der Waals surface area contributed by atoms with Crippen LogP contribution in [0, 0.1) is 12.9 Å². The van der Waals surface area contributed by atoms with Crippen molar-refractivity contribution in [3.05, 3.63) is 52.6 Å². The van der Waals surface area contributed by atoms with E-state index in [9.17, 15) is 4.39 Å². The summed E-state index contributed by atoms with van der Waals surface area (Å²) in [5.74, 6) is 0.118. The van der Waals surface area contributed by atoms with Crippen LogP contribution in [0.2, 0.25) is 0 Å². The Morgan fingerprint density at radius 3 is 2.69 bits per heavy atom. The first-order valence-corrected chi connectivity index (χ1v) is 9.99. The smallest absolute Gasteiger partial charge is 0.221 e. The van der Waals surface area contributed by atoms with E-state index in [-0.39, 0.29) is 12.0 Å². The molecule has 1 saturated carbocycles. The van der Waals surface area contributed by atoms with E-state index in [0.29, 0.717) is 28.2 Å². The third kappa shape index (κ3) is 2.96. The summed E-state index contributed by atoms with van der Waals surface area (Å²) in [6.07, 6.45) is 5.80. The summed E-state index contributed by atoms with van der Waals surface area (Å²) in [7, 11) is 1.64. The molecule has 2 unspecified atom stereocenters. The molecule has 138 valence electrons. The third-order valence-corrected chi connectivity index (χ3v) is 6.39. The van der Waals surface area contributed by atoms with E-state index >= 15 is 0 Å². The Labute approximate surface area is 160 Å². The molecule has 0 amide bonds. The molecular weight excluding hydrogens is 345 g/mol. The maximum absolute atomic E-state index is 14.6. The lowest BCUT2D eigenvalue weighted by Crippen LogP contribution is -2.44. The van der Waals surface area contributed by atoms with Gasteiger partial charge >= 0.3 is 0 Å². The van der Waals surface area contributed by atoms with Crippen LogP contribution in [0.15, 0.2) is 24.3 Å². The van der Waals surface area contributed by atoms with Gasteiger partial charge in [-0.05, 0) is 57.1 Å². The maximum Gasteiger partial charge on any atom is 0.221 e. The monoisotopic (exact) mass is 371 g/mol. The summed E-state index contributed by atoms with van der Waals surface area (Å²) in [6.45, 7) is 4.11. The Morgan fingerprint density at radius 1 is 1.31 bits per heavy atom. The van der Waals surface area contributed by atoms with E-state index in [1.165, 1.54) is 28.7 Å². The predicted molar refractivity (Wildman–Crippen MR) is 106 cm³/mol. The Morgan fingerprint density at radius 2 is 2.04 bits per heavy atom. The molecule has 4 rings (SSSR count). The van der Waals surface area contributed by atoms with Crippen LogP contribution in [0.4, 0.5) is 4.39 Å². The van der Waals surface area contributed by atoms with Gasteiger partial charge in [0.25, 0.3) is 0 Å². The molecule has 1 aromatic carbocycles. The van der Waals surface area contributed by atoms with Crippen LogP contribution < -0.4 is 0 Å². The normalized spacial score (nSPS) is 20.5. The molecule has 1 aromatic heterocycles. The molecule has 0 N–H and O–H groups in total. The van der Waals surface area contributed by atoms with Crippen molar-refractivity contribution in [2.24, 2.45) is 7.05 Å². The van der Waals surface area contributed by atoms with E-state index in [4.69, 9.17) is 12.2 Å². The van der Waals surface area contributed by atoms with Gasteiger partial charge < -0.3 is 4.90 Å². The highest BCUT2D eigenvalue weighted by atomic mass is 32.1. The van der Waals surface area contributed by atoms with E-state index in [1.807, 2.05) is 6.92 Å². The van der Waals surface area contributed by atoms with Gasteiger partial charge in [0.15, 0.2) is 0 Å². The van der Waals surface area contributed by atoms with Gasteiger partial charge in [0, 0.05) is 25.0 Å². The van der Waals surface area contributed by atoms with Crippen LogP contribution in [0.25, 0.3) is 0 Å². The molecule has 0 spiro atoms.